The minimum Gasteiger partial charge on any atom is -0.298 e. The highest BCUT2D eigenvalue weighted by molar-refractivity contribution is 6.33. The van der Waals surface area contributed by atoms with Gasteiger partial charge < -0.3 is 0 Å². The summed E-state index contributed by atoms with van der Waals surface area (Å²) in [6.45, 7) is 4.21. The van der Waals surface area contributed by atoms with E-state index in [1.165, 1.54) is 16.7 Å². The molecule has 3 heteroatoms. The maximum atomic E-state index is 6.14. The fraction of sp³-hybridized carbons (Fsp3) is 0.133. The van der Waals surface area contributed by atoms with Gasteiger partial charge in [-0.25, -0.2) is 4.98 Å². The van der Waals surface area contributed by atoms with E-state index in [0.717, 1.165) is 11.3 Å². The zero-order valence-corrected chi connectivity index (χ0v) is 11.1. The van der Waals surface area contributed by atoms with E-state index in [1.54, 1.807) is 0 Å². The molecule has 2 nitrogen and oxygen atoms in total. The van der Waals surface area contributed by atoms with Gasteiger partial charge in [-0.2, -0.15) is 0 Å². The summed E-state index contributed by atoms with van der Waals surface area (Å²) in [6.07, 6.45) is 3.86. The number of hydrogen-bond acceptors (Lipinski definition) is 1. The number of benzene rings is 1. The van der Waals surface area contributed by atoms with Crippen LogP contribution in [0.5, 0.6) is 0 Å². The molecule has 18 heavy (non-hydrogen) atoms. The largest absolute Gasteiger partial charge is 0.298 e. The molecule has 3 aromatic rings. The molecule has 0 fully saturated rings. The molecule has 1 aromatic carbocycles. The smallest absolute Gasteiger partial charge is 0.156 e. The molecule has 0 unspecified atom stereocenters. The monoisotopic (exact) mass is 256 g/mol. The molecule has 0 aliphatic heterocycles. The van der Waals surface area contributed by atoms with Crippen molar-refractivity contribution < 1.29 is 0 Å². The van der Waals surface area contributed by atoms with E-state index >= 15 is 0 Å². The fourth-order valence-electron chi connectivity index (χ4n) is 2.31. The van der Waals surface area contributed by atoms with Crippen LogP contribution in [0.25, 0.3) is 16.9 Å². The molecule has 90 valence electrons. The lowest BCUT2D eigenvalue weighted by molar-refractivity contribution is 1.19. The van der Waals surface area contributed by atoms with Crippen molar-refractivity contribution in [1.29, 1.82) is 0 Å². The lowest BCUT2D eigenvalue weighted by atomic mass is 10.1. The first-order valence-electron chi connectivity index (χ1n) is 5.85. The van der Waals surface area contributed by atoms with E-state index in [0.29, 0.717) is 5.02 Å². The lowest BCUT2D eigenvalue weighted by Crippen LogP contribution is -1.89. The Morgan fingerprint density at radius 2 is 1.83 bits per heavy atom. The zero-order chi connectivity index (χ0) is 12.7. The van der Waals surface area contributed by atoms with Gasteiger partial charge in [0.05, 0.1) is 16.9 Å². The second-order valence-corrected chi connectivity index (χ2v) is 4.98. The minimum absolute atomic E-state index is 0.674. The van der Waals surface area contributed by atoms with Crippen molar-refractivity contribution in [1.82, 2.24) is 9.38 Å². The van der Waals surface area contributed by atoms with Gasteiger partial charge in [0.15, 0.2) is 5.65 Å². The summed E-state index contributed by atoms with van der Waals surface area (Å²) in [5.41, 5.74) is 5.54. The van der Waals surface area contributed by atoms with Gasteiger partial charge in [-0.1, -0.05) is 28.8 Å². The van der Waals surface area contributed by atoms with Crippen molar-refractivity contribution in [3.8, 4) is 11.3 Å². The molecular weight excluding hydrogens is 244 g/mol. The zero-order valence-electron chi connectivity index (χ0n) is 10.3. The van der Waals surface area contributed by atoms with Gasteiger partial charge in [0, 0.05) is 11.8 Å². The van der Waals surface area contributed by atoms with Crippen LogP contribution < -0.4 is 0 Å². The van der Waals surface area contributed by atoms with Crippen molar-refractivity contribution in [2.75, 3.05) is 0 Å². The standard InChI is InChI=1S/C15H13ClN2/c1-10-6-11(2)8-12(7-10)14-9-17-15-13(16)4-3-5-18(14)15/h3-9H,1-2H3. The summed E-state index contributed by atoms with van der Waals surface area (Å²) >= 11 is 6.14. The van der Waals surface area contributed by atoms with Crippen molar-refractivity contribution >= 4 is 17.2 Å². The highest BCUT2D eigenvalue weighted by atomic mass is 35.5. The number of rotatable bonds is 1. The third-order valence-electron chi connectivity index (χ3n) is 3.01. The first-order chi connectivity index (χ1) is 8.65. The van der Waals surface area contributed by atoms with Crippen LogP contribution >= 0.6 is 11.6 Å². The SMILES string of the molecule is Cc1cc(C)cc(-c2cnc3c(Cl)cccn23)c1. The Bertz CT molecular complexity index is 708. The van der Waals surface area contributed by atoms with Gasteiger partial charge in [0.2, 0.25) is 0 Å². The van der Waals surface area contributed by atoms with Crippen molar-refractivity contribution in [3.63, 3.8) is 0 Å². The molecular formula is C15H13ClN2. The Kier molecular flexibility index (Phi) is 2.60. The summed E-state index contributed by atoms with van der Waals surface area (Å²) in [6, 6.07) is 10.3. The van der Waals surface area contributed by atoms with E-state index in [9.17, 15) is 0 Å². The van der Waals surface area contributed by atoms with Crippen LogP contribution in [0.2, 0.25) is 5.02 Å². The van der Waals surface area contributed by atoms with E-state index in [2.05, 4.69) is 37.0 Å². The molecule has 0 atom stereocenters. The van der Waals surface area contributed by atoms with E-state index in [1.807, 2.05) is 28.9 Å². The Labute approximate surface area is 111 Å². The number of aromatic nitrogens is 2. The topological polar surface area (TPSA) is 17.3 Å². The fourth-order valence-corrected chi connectivity index (χ4v) is 2.53. The number of fused-ring (bicyclic) bond motifs is 1. The molecule has 0 saturated carbocycles. The third-order valence-corrected chi connectivity index (χ3v) is 3.30. The van der Waals surface area contributed by atoms with Crippen LogP contribution in [-0.2, 0) is 0 Å². The van der Waals surface area contributed by atoms with Gasteiger partial charge in [0.25, 0.3) is 0 Å². The molecule has 0 saturated heterocycles. The molecule has 0 amide bonds. The highest BCUT2D eigenvalue weighted by Crippen LogP contribution is 2.25. The Balaban J connectivity index is 2.29. The van der Waals surface area contributed by atoms with Gasteiger partial charge in [0.1, 0.15) is 0 Å². The predicted molar refractivity (Wildman–Crippen MR) is 75.1 cm³/mol. The van der Waals surface area contributed by atoms with Crippen LogP contribution in [0, 0.1) is 13.8 Å². The normalized spacial score (nSPS) is 11.1. The Hall–Kier alpha value is -1.80. The lowest BCUT2D eigenvalue weighted by Gasteiger charge is -2.05. The average molecular weight is 257 g/mol. The number of imidazole rings is 1. The van der Waals surface area contributed by atoms with Crippen LogP contribution in [0.15, 0.2) is 42.7 Å². The summed E-state index contributed by atoms with van der Waals surface area (Å²) in [5, 5.41) is 0.674. The first kappa shape index (κ1) is 11.3. The molecule has 0 aliphatic carbocycles. The second-order valence-electron chi connectivity index (χ2n) is 4.57. The summed E-state index contributed by atoms with van der Waals surface area (Å²) in [7, 11) is 0. The summed E-state index contributed by atoms with van der Waals surface area (Å²) < 4.78 is 2.02. The first-order valence-corrected chi connectivity index (χ1v) is 6.23. The number of halogens is 1. The molecule has 2 heterocycles. The van der Waals surface area contributed by atoms with Crippen LogP contribution in [-0.4, -0.2) is 9.38 Å². The van der Waals surface area contributed by atoms with Gasteiger partial charge in [-0.3, -0.25) is 4.40 Å². The summed E-state index contributed by atoms with van der Waals surface area (Å²) in [4.78, 5) is 4.38. The number of aryl methyl sites for hydroxylation is 2. The van der Waals surface area contributed by atoms with Crippen LogP contribution in [0.1, 0.15) is 11.1 Å². The number of pyridine rings is 1. The molecule has 0 radical (unpaired) electrons. The second kappa shape index (κ2) is 4.14. The Morgan fingerprint density at radius 1 is 1.11 bits per heavy atom. The number of nitrogens with zero attached hydrogens (tertiary/aromatic N) is 2. The molecule has 0 spiro atoms. The van der Waals surface area contributed by atoms with Crippen molar-refractivity contribution in [2.24, 2.45) is 0 Å². The van der Waals surface area contributed by atoms with Crippen LogP contribution in [0.4, 0.5) is 0 Å². The molecule has 2 aromatic heterocycles. The predicted octanol–water partition coefficient (Wildman–Crippen LogP) is 4.27. The molecule has 0 N–H and O–H groups in total. The third kappa shape index (κ3) is 1.79. The van der Waals surface area contributed by atoms with Gasteiger partial charge in [-0.05, 0) is 38.1 Å². The van der Waals surface area contributed by atoms with Crippen LogP contribution in [0.3, 0.4) is 0 Å². The number of hydrogen-bond donors (Lipinski definition) is 0. The molecule has 0 bridgehead atoms. The van der Waals surface area contributed by atoms with E-state index in [4.69, 9.17) is 11.6 Å². The highest BCUT2D eigenvalue weighted by Gasteiger charge is 2.08. The maximum Gasteiger partial charge on any atom is 0.156 e. The average Bonchev–Trinajstić information content (AvgIpc) is 2.73. The van der Waals surface area contributed by atoms with Crippen molar-refractivity contribution in [3.05, 3.63) is 58.9 Å². The van der Waals surface area contributed by atoms with Gasteiger partial charge >= 0.3 is 0 Å². The van der Waals surface area contributed by atoms with Crippen molar-refractivity contribution in [2.45, 2.75) is 13.8 Å². The molecule has 0 aliphatic rings. The van der Waals surface area contributed by atoms with E-state index in [-0.39, 0.29) is 0 Å². The summed E-state index contributed by atoms with van der Waals surface area (Å²) in [5.74, 6) is 0. The van der Waals surface area contributed by atoms with E-state index < -0.39 is 0 Å². The quantitative estimate of drug-likeness (QED) is 0.636. The Morgan fingerprint density at radius 3 is 2.56 bits per heavy atom. The maximum absolute atomic E-state index is 6.14. The minimum atomic E-state index is 0.674. The molecule has 3 rings (SSSR count). The van der Waals surface area contributed by atoms with Gasteiger partial charge in [-0.15, -0.1) is 0 Å².